The van der Waals surface area contributed by atoms with Crippen molar-refractivity contribution in [1.82, 2.24) is 0 Å². The summed E-state index contributed by atoms with van der Waals surface area (Å²) in [7, 11) is -16.9. The van der Waals surface area contributed by atoms with Gasteiger partial charge in [-0.3, -0.25) is 35.9 Å². The third kappa shape index (κ3) is 593. The summed E-state index contributed by atoms with van der Waals surface area (Å²) in [6, 6.07) is 0. The molecule has 12 N–H and O–H groups in total. The van der Waals surface area contributed by atoms with E-state index in [0.717, 1.165) is 42.0 Å². The van der Waals surface area contributed by atoms with Crippen LogP contribution in [-0.2, 0) is 252 Å². The van der Waals surface area contributed by atoms with Crippen LogP contribution in [0.5, 0.6) is 0 Å². The van der Waals surface area contributed by atoms with E-state index in [9.17, 15) is 38.9 Å². The molecule has 0 heterocycles. The van der Waals surface area contributed by atoms with E-state index in [2.05, 4.69) is 18.0 Å². The Hall–Kier alpha value is 5.68. The summed E-state index contributed by atoms with van der Waals surface area (Å²) < 4.78 is 111. The minimum Gasteiger partial charge on any atom is -0.680 e. The molecule has 0 amide bonds. The zero-order valence-electron chi connectivity index (χ0n) is 29.9. The Morgan fingerprint density at radius 1 is 0.685 bits per heavy atom. The summed E-state index contributed by atoms with van der Waals surface area (Å²) in [4.78, 5) is 48.1. The molecule has 344 valence electrons. The Labute approximate surface area is 450 Å². The molecule has 0 rings (SSSR count). The zero-order chi connectivity index (χ0) is 39.4. The van der Waals surface area contributed by atoms with Crippen LogP contribution >= 0.6 is 22.8 Å². The van der Waals surface area contributed by atoms with E-state index >= 15 is 0 Å². The molecule has 24 nitrogen and oxygen atoms in total. The fourth-order valence-corrected chi connectivity index (χ4v) is 0. The first-order chi connectivity index (χ1) is 19.0. The number of carboxylic acid groups (broad SMARTS) is 1. The summed E-state index contributed by atoms with van der Waals surface area (Å²) in [5.41, 5.74) is 5.75. The van der Waals surface area contributed by atoms with Gasteiger partial charge in [-0.05, 0) is 0 Å². The van der Waals surface area contributed by atoms with E-state index in [1.54, 1.807) is 6.92 Å². The first kappa shape index (κ1) is 131. The minimum absolute atomic E-state index is 0. The van der Waals surface area contributed by atoms with Gasteiger partial charge in [-0.15, -0.1) is 0 Å². The fourth-order valence-electron chi connectivity index (χ4n) is 0. The van der Waals surface area contributed by atoms with Crippen molar-refractivity contribution < 1.29 is 290 Å². The van der Waals surface area contributed by atoms with Crippen LogP contribution in [0.4, 0.5) is 0 Å². The van der Waals surface area contributed by atoms with Gasteiger partial charge in [-0.25, -0.2) is 9.70 Å². The van der Waals surface area contributed by atoms with Crippen molar-refractivity contribution in [2.75, 3.05) is 61.2 Å². The summed E-state index contributed by atoms with van der Waals surface area (Å²) in [6.45, 7) is 8.99. The predicted molar refractivity (Wildman–Crippen MR) is 169 cm³/mol. The number of aliphatic hydroxyl groups excluding tert-OH is 1. The largest absolute Gasteiger partial charge is 0.680 e. The number of nitrogens with one attached hydrogen (secondary N) is 1. The van der Waals surface area contributed by atoms with E-state index in [0.29, 0.717) is 12.4 Å². The molecule has 0 saturated heterocycles. The number of phosphoric ester groups is 1. The maximum Gasteiger partial charge on any atom is 0.469 e. The minimum atomic E-state index is -4.16. The summed E-state index contributed by atoms with van der Waals surface area (Å²) in [5.74, 6) is -0.833. The number of carbonyl (C=O) groups is 1. The number of aliphatic carboxylic acids is 1. The summed E-state index contributed by atoms with van der Waals surface area (Å²) >= 11 is 0. The molecule has 0 radical (unpaired) electrons. The van der Waals surface area contributed by atoms with Crippen LogP contribution in [0.3, 0.4) is 0 Å². The van der Waals surface area contributed by atoms with Gasteiger partial charge >= 0.3 is 36.1 Å². The zero-order valence-corrected chi connectivity index (χ0v) is 61.4. The van der Waals surface area contributed by atoms with Gasteiger partial charge in [0.05, 0.1) is 20.5 Å². The van der Waals surface area contributed by atoms with Gasteiger partial charge in [-0.1, -0.05) is 28.2 Å². The quantitative estimate of drug-likeness (QED) is 0.133. The van der Waals surface area contributed by atoms with Crippen molar-refractivity contribution in [1.29, 1.82) is 0 Å². The molecule has 0 aliphatic carbocycles. The fraction of sp³-hybridized carbons (Fsp3) is 0.933. The molecule has 1 atom stereocenters. The van der Waals surface area contributed by atoms with Crippen molar-refractivity contribution in [3.05, 3.63) is 5.73 Å². The number of carboxylic acids is 1. The predicted octanol–water partition coefficient (Wildman–Crippen LogP) is 0.209. The second-order valence-electron chi connectivity index (χ2n) is 5.38. The molecule has 0 bridgehead atoms. The first-order valence-electron chi connectivity index (χ1n) is 10.1. The van der Waals surface area contributed by atoms with Crippen LogP contribution in [0.1, 0.15) is 35.1 Å². The van der Waals surface area contributed by atoms with E-state index in [-0.39, 0.29) is 197 Å². The number of aliphatic hydroxyl groups is 1. The van der Waals surface area contributed by atoms with Crippen molar-refractivity contribution in [3.8, 4) is 0 Å². The Bertz CT molecular complexity index is 1010. The number of phosphoric acid groups is 1. The molecule has 54 heavy (non-hydrogen) atoms. The van der Waals surface area contributed by atoms with E-state index in [4.69, 9.17) is 54.3 Å². The average molecular weight is 2460 g/mol. The molecule has 0 saturated carbocycles. The molecule has 39 heteroatoms. The van der Waals surface area contributed by atoms with Crippen LogP contribution < -0.4 is 5.14 Å². The van der Waals surface area contributed by atoms with Crippen LogP contribution in [0, 0.1) is 0 Å². The standard InChI is InChI=1S/C3H9O2P.C2H4O2.C2H6.CH5NO3S.CH4N.CH5O4P.CH4O4S.CH5O3P.CH4O3S.CH4O.CH4.9W/c1-3-6(2,4)5;1-2(3)4;1-2;1-5-6(2,3)4;1-2;2*1-5-6(2,3)4;2*1-5(2,3)4;1-2;;;;;;;;;;/h3H2,1-2H3,(H,4,5);1H3,(H,3,4);1-2H3;1H3,(H2,2,3,4);2H,1H3;1H3,(H2,2,3,4);1H3,(H,2,3,4);1H3,(H2,2,3,4);1H3,(H,2,3,4);2H,1H3;1H4;;;;;;;;;/q;;;;-1;;;;;;;;;;;;;;;. The van der Waals surface area contributed by atoms with E-state index in [1.165, 1.54) is 13.7 Å². The first-order valence-corrected chi connectivity index (χ1v) is 20.7. The number of rotatable bonds is 4. The maximum absolute atomic E-state index is 10.1. The van der Waals surface area contributed by atoms with Gasteiger partial charge < -0.3 is 40.4 Å². The van der Waals surface area contributed by atoms with Crippen LogP contribution in [0.25, 0.3) is 5.73 Å². The van der Waals surface area contributed by atoms with Gasteiger partial charge in [0, 0.05) is 230 Å². The normalized spacial score (nSPS) is 9.07. The summed E-state index contributed by atoms with van der Waals surface area (Å²) in [5, 5.41) is 18.7. The van der Waals surface area contributed by atoms with Gasteiger partial charge in [0.25, 0.3) is 16.1 Å². The smallest absolute Gasteiger partial charge is 0.469 e. The average Bonchev–Trinajstić information content (AvgIpc) is 2.80. The Kier molecular flexibility index (Phi) is 199. The monoisotopic (exact) mass is 2460 g/mol. The van der Waals surface area contributed by atoms with Crippen molar-refractivity contribution in [3.63, 3.8) is 0 Å². The number of hydrogen-bond acceptors (Lipinski definition) is 14. The van der Waals surface area contributed by atoms with Gasteiger partial charge in [0.2, 0.25) is 0 Å². The molecule has 0 aromatic rings. The van der Waals surface area contributed by atoms with Gasteiger partial charge in [0.15, 0.2) is 7.37 Å². The molecule has 1 unspecified atom stereocenters. The molecule has 0 aliphatic heterocycles. The van der Waals surface area contributed by atoms with Crippen LogP contribution in [0.15, 0.2) is 0 Å². The Balaban J connectivity index is -0.0000000132. The molecule has 0 spiro atoms. The van der Waals surface area contributed by atoms with Crippen molar-refractivity contribution in [2.45, 2.75) is 35.1 Å². The summed E-state index contributed by atoms with van der Waals surface area (Å²) in [6.07, 6.45) is 1.10. The topological polar surface area (TPSA) is 430 Å². The molecular formula is C15H54N2O22P3S3W9-. The third-order valence-corrected chi connectivity index (χ3v) is 3.80. The molecule has 0 fully saturated rings. The van der Waals surface area contributed by atoms with Gasteiger partial charge in [-0.2, -0.15) is 32.3 Å². The van der Waals surface area contributed by atoms with E-state index in [1.807, 2.05) is 13.8 Å². The molecular weight excluding hydrogens is 2400 g/mol. The number of hydrogen-bond donors (Lipinski definition) is 10. The molecule has 0 aromatic heterocycles. The van der Waals surface area contributed by atoms with Crippen LogP contribution in [0.2, 0.25) is 0 Å². The van der Waals surface area contributed by atoms with Crippen molar-refractivity contribution in [2.24, 2.45) is 5.14 Å². The number of nitrogens with two attached hydrogens (primary N) is 1. The maximum atomic E-state index is 10.1. The SMILES string of the molecule is C.CC.CC(=O)O.CCP(C)(=O)O.CO.COP(=O)(O)O.COS(=O)(=O)O.COS(N)(=O)=O.CP(=O)(O)O.CS(=O)(=O)O.C[NH-].[W].[W].[W].[W].[W].[W].[W].[W].[W]. The third-order valence-electron chi connectivity index (χ3n) is 1.27. The molecule has 0 aromatic carbocycles. The van der Waals surface area contributed by atoms with Crippen molar-refractivity contribution >= 4 is 59.6 Å². The molecule has 0 aliphatic rings. The second-order valence-corrected chi connectivity index (χ2v) is 15.1. The van der Waals surface area contributed by atoms with E-state index < -0.39 is 59.6 Å². The second kappa shape index (κ2) is 82.4. The van der Waals surface area contributed by atoms with Gasteiger partial charge in [0.1, 0.15) is 0 Å². The Morgan fingerprint density at radius 2 is 0.759 bits per heavy atom. The Morgan fingerprint density at radius 3 is 0.759 bits per heavy atom. The van der Waals surface area contributed by atoms with Crippen LogP contribution in [-0.4, -0.2) is 136 Å².